The van der Waals surface area contributed by atoms with Crippen LogP contribution in [0.5, 0.6) is 0 Å². The summed E-state index contributed by atoms with van der Waals surface area (Å²) in [6.07, 6.45) is 1.03. The number of halogens is 2. The van der Waals surface area contributed by atoms with Crippen molar-refractivity contribution in [2.45, 2.75) is 13.3 Å². The SMILES string of the molecule is CCCN(CCN(C)C)CC(=O)c1cc(Cl)sc1Cl. The smallest absolute Gasteiger partial charge is 0.179 e. The molecule has 1 rings (SSSR count). The average Bonchev–Trinajstić information content (AvgIpc) is 2.65. The van der Waals surface area contributed by atoms with Gasteiger partial charge in [0, 0.05) is 13.1 Å². The first-order valence-electron chi connectivity index (χ1n) is 6.29. The minimum atomic E-state index is 0.0420. The van der Waals surface area contributed by atoms with Gasteiger partial charge in [0.05, 0.1) is 16.4 Å². The molecule has 0 aliphatic heterocycles. The van der Waals surface area contributed by atoms with Crippen molar-refractivity contribution in [1.82, 2.24) is 9.80 Å². The maximum Gasteiger partial charge on any atom is 0.179 e. The Morgan fingerprint density at radius 3 is 2.42 bits per heavy atom. The molecule has 108 valence electrons. The zero-order chi connectivity index (χ0) is 14.4. The first-order valence-corrected chi connectivity index (χ1v) is 7.86. The van der Waals surface area contributed by atoms with Crippen molar-refractivity contribution in [3.05, 3.63) is 20.3 Å². The molecule has 1 aromatic rings. The zero-order valence-corrected chi connectivity index (χ0v) is 13.9. The Morgan fingerprint density at radius 2 is 1.95 bits per heavy atom. The third-order valence-electron chi connectivity index (χ3n) is 2.73. The number of thiophene rings is 1. The van der Waals surface area contributed by atoms with Crippen molar-refractivity contribution < 1.29 is 4.79 Å². The van der Waals surface area contributed by atoms with E-state index in [0.717, 1.165) is 26.1 Å². The molecule has 1 aromatic heterocycles. The average molecular weight is 323 g/mol. The van der Waals surface area contributed by atoms with Crippen molar-refractivity contribution in [3.8, 4) is 0 Å². The highest BCUT2D eigenvalue weighted by atomic mass is 35.5. The summed E-state index contributed by atoms with van der Waals surface area (Å²) >= 11 is 13.1. The highest BCUT2D eigenvalue weighted by Crippen LogP contribution is 2.31. The van der Waals surface area contributed by atoms with Crippen LogP contribution in [-0.2, 0) is 0 Å². The third-order valence-corrected chi connectivity index (χ3v) is 4.22. The van der Waals surface area contributed by atoms with E-state index < -0.39 is 0 Å². The molecule has 3 nitrogen and oxygen atoms in total. The summed E-state index contributed by atoms with van der Waals surface area (Å²) in [5.74, 6) is 0.0420. The van der Waals surface area contributed by atoms with Gasteiger partial charge >= 0.3 is 0 Å². The van der Waals surface area contributed by atoms with E-state index in [4.69, 9.17) is 23.2 Å². The molecule has 0 bridgehead atoms. The Kier molecular flexibility index (Phi) is 7.32. The molecule has 0 saturated carbocycles. The van der Waals surface area contributed by atoms with Crippen molar-refractivity contribution in [1.29, 1.82) is 0 Å². The van der Waals surface area contributed by atoms with E-state index in [-0.39, 0.29) is 5.78 Å². The molecule has 1 heterocycles. The fourth-order valence-electron chi connectivity index (χ4n) is 1.75. The van der Waals surface area contributed by atoms with Gasteiger partial charge in [-0.2, -0.15) is 0 Å². The molecule has 0 radical (unpaired) electrons. The van der Waals surface area contributed by atoms with E-state index in [1.54, 1.807) is 6.07 Å². The molecule has 0 amide bonds. The summed E-state index contributed by atoms with van der Waals surface area (Å²) in [6.45, 7) is 5.23. The number of rotatable bonds is 8. The summed E-state index contributed by atoms with van der Waals surface area (Å²) in [7, 11) is 4.06. The van der Waals surface area contributed by atoms with E-state index in [1.807, 2.05) is 14.1 Å². The van der Waals surface area contributed by atoms with Gasteiger partial charge in [-0.1, -0.05) is 30.1 Å². The van der Waals surface area contributed by atoms with E-state index in [9.17, 15) is 4.79 Å². The van der Waals surface area contributed by atoms with Gasteiger partial charge in [-0.15, -0.1) is 11.3 Å². The van der Waals surface area contributed by atoms with Crippen molar-refractivity contribution >= 4 is 40.3 Å². The van der Waals surface area contributed by atoms with Crippen LogP contribution in [-0.4, -0.2) is 55.9 Å². The second kappa shape index (κ2) is 8.22. The van der Waals surface area contributed by atoms with Gasteiger partial charge in [0.1, 0.15) is 4.34 Å². The largest absolute Gasteiger partial charge is 0.308 e. The predicted octanol–water partition coefficient (Wildman–Crippen LogP) is 3.51. The maximum absolute atomic E-state index is 12.2. The summed E-state index contributed by atoms with van der Waals surface area (Å²) in [5, 5.41) is 0. The predicted molar refractivity (Wildman–Crippen MR) is 84.0 cm³/mol. The van der Waals surface area contributed by atoms with Crippen LogP contribution in [0.25, 0.3) is 0 Å². The van der Waals surface area contributed by atoms with E-state index in [1.165, 1.54) is 11.3 Å². The highest BCUT2D eigenvalue weighted by molar-refractivity contribution is 7.20. The molecular weight excluding hydrogens is 303 g/mol. The molecule has 6 heteroatoms. The lowest BCUT2D eigenvalue weighted by Gasteiger charge is -2.22. The summed E-state index contributed by atoms with van der Waals surface area (Å²) in [6, 6.07) is 1.66. The molecule has 0 aromatic carbocycles. The van der Waals surface area contributed by atoms with Gasteiger partial charge in [0.2, 0.25) is 0 Å². The van der Waals surface area contributed by atoms with Crippen molar-refractivity contribution in [2.75, 3.05) is 40.3 Å². The molecular formula is C13H20Cl2N2OS. The second-order valence-corrected chi connectivity index (χ2v) is 7.03. The van der Waals surface area contributed by atoms with Gasteiger partial charge in [-0.05, 0) is 33.1 Å². The zero-order valence-electron chi connectivity index (χ0n) is 11.6. The third kappa shape index (κ3) is 5.79. The van der Waals surface area contributed by atoms with Crippen LogP contribution < -0.4 is 0 Å². The van der Waals surface area contributed by atoms with Gasteiger partial charge in [-0.3, -0.25) is 9.69 Å². The number of hydrogen-bond acceptors (Lipinski definition) is 4. The number of ketones is 1. The molecule has 0 atom stereocenters. The Labute approximate surface area is 129 Å². The lowest BCUT2D eigenvalue weighted by atomic mass is 10.2. The number of carbonyl (C=O) groups excluding carboxylic acids is 1. The molecule has 0 spiro atoms. The van der Waals surface area contributed by atoms with Crippen LogP contribution in [0.1, 0.15) is 23.7 Å². The number of carbonyl (C=O) groups is 1. The van der Waals surface area contributed by atoms with Gasteiger partial charge < -0.3 is 4.90 Å². The summed E-state index contributed by atoms with van der Waals surface area (Å²) in [5.41, 5.74) is 0.544. The Balaban J connectivity index is 2.62. The Morgan fingerprint density at radius 1 is 1.26 bits per heavy atom. The van der Waals surface area contributed by atoms with Gasteiger partial charge in [0.25, 0.3) is 0 Å². The quantitative estimate of drug-likeness (QED) is 0.684. The molecule has 0 aliphatic rings. The van der Waals surface area contributed by atoms with Crippen molar-refractivity contribution in [3.63, 3.8) is 0 Å². The second-order valence-electron chi connectivity index (χ2n) is 4.74. The fourth-order valence-corrected chi connectivity index (χ4v) is 3.25. The molecule has 0 fully saturated rings. The fraction of sp³-hybridized carbons (Fsp3) is 0.615. The number of hydrogen-bond donors (Lipinski definition) is 0. The number of likely N-dealkylation sites (N-methyl/N-ethyl adjacent to an activating group) is 1. The molecule has 0 unspecified atom stereocenters. The number of Topliss-reactive ketones (excluding diaryl/α,β-unsaturated/α-hetero) is 1. The molecule has 0 aliphatic carbocycles. The normalized spacial score (nSPS) is 11.5. The molecule has 19 heavy (non-hydrogen) atoms. The minimum Gasteiger partial charge on any atom is -0.308 e. The van der Waals surface area contributed by atoms with Gasteiger partial charge in [0.15, 0.2) is 5.78 Å². The standard InChI is InChI=1S/C13H20Cl2N2OS/c1-4-5-17(7-6-16(2)3)9-11(18)10-8-12(14)19-13(10)15/h8H,4-7,9H2,1-3H3. The van der Waals surface area contributed by atoms with E-state index in [0.29, 0.717) is 20.8 Å². The van der Waals surface area contributed by atoms with Crippen LogP contribution >= 0.6 is 34.5 Å². The van der Waals surface area contributed by atoms with Crippen LogP contribution in [0.4, 0.5) is 0 Å². The lowest BCUT2D eigenvalue weighted by Crippen LogP contribution is -2.36. The first kappa shape index (κ1) is 16.9. The molecule has 0 N–H and O–H groups in total. The summed E-state index contributed by atoms with van der Waals surface area (Å²) < 4.78 is 1.04. The lowest BCUT2D eigenvalue weighted by molar-refractivity contribution is 0.0926. The highest BCUT2D eigenvalue weighted by Gasteiger charge is 2.17. The monoisotopic (exact) mass is 322 g/mol. The first-order chi connectivity index (χ1) is 8.93. The minimum absolute atomic E-state index is 0.0420. The van der Waals surface area contributed by atoms with Gasteiger partial charge in [-0.25, -0.2) is 0 Å². The van der Waals surface area contributed by atoms with Crippen LogP contribution in [0.3, 0.4) is 0 Å². The number of nitrogens with zero attached hydrogens (tertiary/aromatic N) is 2. The molecule has 0 saturated heterocycles. The van der Waals surface area contributed by atoms with Crippen LogP contribution in [0, 0.1) is 0 Å². The Bertz CT molecular complexity index is 421. The van der Waals surface area contributed by atoms with Crippen molar-refractivity contribution in [2.24, 2.45) is 0 Å². The van der Waals surface area contributed by atoms with E-state index >= 15 is 0 Å². The van der Waals surface area contributed by atoms with Crippen LogP contribution in [0.2, 0.25) is 8.67 Å². The Hall–Kier alpha value is -0.130. The summed E-state index contributed by atoms with van der Waals surface area (Å²) in [4.78, 5) is 16.5. The maximum atomic E-state index is 12.2. The van der Waals surface area contributed by atoms with E-state index in [2.05, 4.69) is 16.7 Å². The topological polar surface area (TPSA) is 23.6 Å². The van der Waals surface area contributed by atoms with Crippen LogP contribution in [0.15, 0.2) is 6.07 Å².